The molecule has 1 atom stereocenters. The van der Waals surface area contributed by atoms with Crippen LogP contribution in [0.5, 0.6) is 0 Å². The third kappa shape index (κ3) is 2.53. The van der Waals surface area contributed by atoms with Gasteiger partial charge in [-0.25, -0.2) is 4.79 Å². The van der Waals surface area contributed by atoms with Crippen LogP contribution < -0.4 is 5.32 Å². The maximum atomic E-state index is 10.9. The van der Waals surface area contributed by atoms with Crippen LogP contribution in [-0.2, 0) is 19.4 Å². The standard InChI is InChI=1S/C15H16N2O2/c18-15(19)14-7-11-6-12(8-13(11)17-14)16-9-10-4-2-1-3-5-10/h1-5,7,12,16-17H,6,8-9H2,(H,18,19)/t12-/m1/s1. The molecule has 4 heteroatoms. The summed E-state index contributed by atoms with van der Waals surface area (Å²) in [5, 5.41) is 12.4. The number of carboxylic acids is 1. The Labute approximate surface area is 111 Å². The van der Waals surface area contributed by atoms with Gasteiger partial charge in [-0.15, -0.1) is 0 Å². The van der Waals surface area contributed by atoms with E-state index in [9.17, 15) is 4.79 Å². The van der Waals surface area contributed by atoms with Crippen LogP contribution in [0.15, 0.2) is 36.4 Å². The molecule has 0 unspecified atom stereocenters. The lowest BCUT2D eigenvalue weighted by Gasteiger charge is -2.12. The molecule has 0 spiro atoms. The van der Waals surface area contributed by atoms with Crippen molar-refractivity contribution < 1.29 is 9.90 Å². The molecule has 3 rings (SSSR count). The molecule has 3 N–H and O–H groups in total. The van der Waals surface area contributed by atoms with Crippen LogP contribution >= 0.6 is 0 Å². The second kappa shape index (κ2) is 4.90. The monoisotopic (exact) mass is 256 g/mol. The predicted octanol–water partition coefficient (Wildman–Crippen LogP) is 1.97. The number of carboxylic acid groups (broad SMARTS) is 1. The molecule has 0 radical (unpaired) electrons. The van der Waals surface area contributed by atoms with Crippen LogP contribution in [0.25, 0.3) is 0 Å². The molecule has 4 nitrogen and oxygen atoms in total. The summed E-state index contributed by atoms with van der Waals surface area (Å²) in [5.41, 5.74) is 3.75. The molecule has 1 aliphatic carbocycles. The minimum atomic E-state index is -0.886. The second-order valence-electron chi connectivity index (χ2n) is 4.96. The Balaban J connectivity index is 1.59. The van der Waals surface area contributed by atoms with Crippen molar-refractivity contribution in [2.45, 2.75) is 25.4 Å². The normalized spacial score (nSPS) is 17.4. The molecule has 1 aliphatic rings. The first-order valence-corrected chi connectivity index (χ1v) is 6.44. The molecule has 1 heterocycles. The number of hydrogen-bond acceptors (Lipinski definition) is 2. The summed E-state index contributed by atoms with van der Waals surface area (Å²) in [7, 11) is 0. The third-order valence-electron chi connectivity index (χ3n) is 3.58. The molecular weight excluding hydrogens is 240 g/mol. The van der Waals surface area contributed by atoms with E-state index in [0.29, 0.717) is 11.7 Å². The minimum Gasteiger partial charge on any atom is -0.477 e. The van der Waals surface area contributed by atoms with Crippen molar-refractivity contribution in [3.05, 3.63) is 58.9 Å². The maximum Gasteiger partial charge on any atom is 0.352 e. The van der Waals surface area contributed by atoms with Gasteiger partial charge in [-0.05, 0) is 23.6 Å². The Morgan fingerprint density at radius 3 is 2.79 bits per heavy atom. The topological polar surface area (TPSA) is 65.1 Å². The second-order valence-corrected chi connectivity index (χ2v) is 4.96. The average molecular weight is 256 g/mol. The van der Waals surface area contributed by atoms with Gasteiger partial charge >= 0.3 is 5.97 Å². The van der Waals surface area contributed by atoms with Crippen molar-refractivity contribution in [2.24, 2.45) is 0 Å². The van der Waals surface area contributed by atoms with Crippen LogP contribution in [0.2, 0.25) is 0 Å². The molecule has 0 fully saturated rings. The summed E-state index contributed by atoms with van der Waals surface area (Å²) >= 11 is 0. The van der Waals surface area contributed by atoms with Gasteiger partial charge in [-0.3, -0.25) is 0 Å². The molecule has 19 heavy (non-hydrogen) atoms. The van der Waals surface area contributed by atoms with Crippen LogP contribution in [0.4, 0.5) is 0 Å². The summed E-state index contributed by atoms with van der Waals surface area (Å²) < 4.78 is 0. The van der Waals surface area contributed by atoms with E-state index in [1.165, 1.54) is 5.56 Å². The van der Waals surface area contributed by atoms with Gasteiger partial charge in [0.25, 0.3) is 0 Å². The fourth-order valence-corrected chi connectivity index (χ4v) is 2.61. The fraction of sp³-hybridized carbons (Fsp3) is 0.267. The zero-order valence-electron chi connectivity index (χ0n) is 10.5. The molecule has 0 saturated carbocycles. The smallest absolute Gasteiger partial charge is 0.352 e. The van der Waals surface area contributed by atoms with Gasteiger partial charge in [0.15, 0.2) is 0 Å². The van der Waals surface area contributed by atoms with Crippen LogP contribution in [0, 0.1) is 0 Å². The van der Waals surface area contributed by atoms with Crippen molar-refractivity contribution in [1.82, 2.24) is 10.3 Å². The number of H-pyrrole nitrogens is 1. The Bertz CT molecular complexity index is 566. The number of benzene rings is 1. The van der Waals surface area contributed by atoms with Gasteiger partial charge in [0.1, 0.15) is 5.69 Å². The summed E-state index contributed by atoms with van der Waals surface area (Å²) in [6.45, 7) is 0.849. The number of aromatic carboxylic acids is 1. The Kier molecular flexibility index (Phi) is 3.09. The molecule has 0 saturated heterocycles. The van der Waals surface area contributed by atoms with E-state index in [-0.39, 0.29) is 0 Å². The van der Waals surface area contributed by atoms with Gasteiger partial charge in [-0.2, -0.15) is 0 Å². The molecule has 2 aromatic rings. The third-order valence-corrected chi connectivity index (χ3v) is 3.58. The van der Waals surface area contributed by atoms with Gasteiger partial charge in [-0.1, -0.05) is 30.3 Å². The van der Waals surface area contributed by atoms with E-state index < -0.39 is 5.97 Å². The van der Waals surface area contributed by atoms with Crippen LogP contribution in [0.1, 0.15) is 27.3 Å². The van der Waals surface area contributed by atoms with Gasteiger partial charge in [0, 0.05) is 24.7 Å². The molecule has 1 aromatic carbocycles. The Hall–Kier alpha value is -2.07. The van der Waals surface area contributed by atoms with E-state index in [0.717, 1.165) is 30.6 Å². The number of nitrogens with one attached hydrogen (secondary N) is 2. The number of aromatic amines is 1. The van der Waals surface area contributed by atoms with Crippen molar-refractivity contribution in [2.75, 3.05) is 0 Å². The number of hydrogen-bond donors (Lipinski definition) is 3. The van der Waals surface area contributed by atoms with E-state index in [2.05, 4.69) is 22.4 Å². The molecule has 0 amide bonds. The lowest BCUT2D eigenvalue weighted by molar-refractivity contribution is 0.0691. The zero-order chi connectivity index (χ0) is 13.2. The first-order valence-electron chi connectivity index (χ1n) is 6.44. The van der Waals surface area contributed by atoms with E-state index in [1.807, 2.05) is 18.2 Å². The highest BCUT2D eigenvalue weighted by Gasteiger charge is 2.24. The van der Waals surface area contributed by atoms with Crippen LogP contribution in [0.3, 0.4) is 0 Å². The highest BCUT2D eigenvalue weighted by Crippen LogP contribution is 2.23. The lowest BCUT2D eigenvalue weighted by atomic mass is 10.1. The highest BCUT2D eigenvalue weighted by molar-refractivity contribution is 5.86. The van der Waals surface area contributed by atoms with Crippen molar-refractivity contribution >= 4 is 5.97 Å². The lowest BCUT2D eigenvalue weighted by Crippen LogP contribution is -2.29. The van der Waals surface area contributed by atoms with E-state index >= 15 is 0 Å². The molecule has 98 valence electrons. The van der Waals surface area contributed by atoms with E-state index in [1.54, 1.807) is 6.07 Å². The average Bonchev–Trinajstić information content (AvgIpc) is 2.95. The zero-order valence-corrected chi connectivity index (χ0v) is 10.5. The van der Waals surface area contributed by atoms with Gasteiger partial charge in [0.05, 0.1) is 0 Å². The first kappa shape index (κ1) is 12.0. The number of aromatic nitrogens is 1. The first-order chi connectivity index (χ1) is 9.22. The minimum absolute atomic E-state index is 0.298. The molecule has 0 bridgehead atoms. The number of fused-ring (bicyclic) bond motifs is 1. The summed E-state index contributed by atoms with van der Waals surface area (Å²) in [4.78, 5) is 13.8. The van der Waals surface area contributed by atoms with Crippen molar-refractivity contribution in [1.29, 1.82) is 0 Å². The summed E-state index contributed by atoms with van der Waals surface area (Å²) in [6.07, 6.45) is 1.77. The maximum absolute atomic E-state index is 10.9. The van der Waals surface area contributed by atoms with Crippen molar-refractivity contribution in [3.8, 4) is 0 Å². The van der Waals surface area contributed by atoms with Crippen LogP contribution in [-0.4, -0.2) is 22.1 Å². The largest absolute Gasteiger partial charge is 0.477 e. The SMILES string of the molecule is O=C(O)c1cc2c([nH]1)C[C@H](NCc1ccccc1)C2. The fourth-order valence-electron chi connectivity index (χ4n) is 2.61. The predicted molar refractivity (Wildman–Crippen MR) is 72.2 cm³/mol. The number of carbonyl (C=O) groups is 1. The molecule has 1 aromatic heterocycles. The summed E-state index contributed by atoms with van der Waals surface area (Å²) in [6, 6.07) is 12.4. The Morgan fingerprint density at radius 1 is 1.32 bits per heavy atom. The number of rotatable bonds is 4. The summed E-state index contributed by atoms with van der Waals surface area (Å²) in [5.74, 6) is -0.886. The molecule has 0 aliphatic heterocycles. The van der Waals surface area contributed by atoms with Gasteiger partial charge < -0.3 is 15.4 Å². The van der Waals surface area contributed by atoms with E-state index in [4.69, 9.17) is 5.11 Å². The quantitative estimate of drug-likeness (QED) is 0.783. The molecular formula is C15H16N2O2. The van der Waals surface area contributed by atoms with Crippen molar-refractivity contribution in [3.63, 3.8) is 0 Å². The Morgan fingerprint density at radius 2 is 2.11 bits per heavy atom. The highest BCUT2D eigenvalue weighted by atomic mass is 16.4. The van der Waals surface area contributed by atoms with Gasteiger partial charge in [0.2, 0.25) is 0 Å².